The monoisotopic (exact) mass is 842 g/mol. The van der Waals surface area contributed by atoms with Crippen LogP contribution in [0.4, 0.5) is 0 Å². The van der Waals surface area contributed by atoms with E-state index in [0.29, 0.717) is 16.4 Å². The van der Waals surface area contributed by atoms with Crippen LogP contribution in [-0.4, -0.2) is 14.3 Å². The van der Waals surface area contributed by atoms with Gasteiger partial charge in [0.25, 0.3) is 10.0 Å². The number of nitrogens with zero attached hydrogens (tertiary/aromatic N) is 1. The summed E-state index contributed by atoms with van der Waals surface area (Å²) in [5, 5.41) is 13.3. The van der Waals surface area contributed by atoms with E-state index in [4.69, 9.17) is 0 Å². The molecule has 8 heteroatoms. The second-order valence-electron chi connectivity index (χ2n) is 10.6. The molecule has 2 aromatic rings. The van der Waals surface area contributed by atoms with E-state index in [9.17, 15) is 13.5 Å². The fourth-order valence-corrected chi connectivity index (χ4v) is 10.3. The first-order valence-electron chi connectivity index (χ1n) is 13.1. The third-order valence-corrected chi connectivity index (χ3v) is 13.3. The largest absolute Gasteiger partial charge is 0.858 e. The van der Waals surface area contributed by atoms with Crippen LogP contribution in [-0.2, 0) is 10.0 Å². The van der Waals surface area contributed by atoms with Crippen LogP contribution in [0, 0.1) is 10.7 Å². The second-order valence-corrected chi connectivity index (χ2v) is 15.6. The van der Waals surface area contributed by atoms with Crippen molar-refractivity contribution in [2.24, 2.45) is 4.40 Å². The molecule has 0 aromatic heterocycles. The molecule has 0 radical (unpaired) electrons. The lowest BCUT2D eigenvalue weighted by molar-refractivity contribution is -0.212. The van der Waals surface area contributed by atoms with Gasteiger partial charge in [0.05, 0.1) is 4.90 Å². The highest BCUT2D eigenvalue weighted by molar-refractivity contribution is 14.1. The number of sulfonamides is 1. The van der Waals surface area contributed by atoms with E-state index in [2.05, 4.69) is 84.3 Å². The molecule has 0 unspecified atom stereocenters. The van der Waals surface area contributed by atoms with Gasteiger partial charge in [-0.25, -0.2) is 0 Å². The molecule has 0 spiro atoms. The molecule has 0 heterocycles. The van der Waals surface area contributed by atoms with E-state index in [-0.39, 0.29) is 11.8 Å². The summed E-state index contributed by atoms with van der Waals surface area (Å²) >= 11 is 6.47. The Labute approximate surface area is 256 Å². The van der Waals surface area contributed by atoms with Crippen molar-refractivity contribution in [1.82, 2.24) is 0 Å². The van der Waals surface area contributed by atoms with E-state index in [1.807, 2.05) is 6.07 Å². The number of rotatable bonds is 6. The van der Waals surface area contributed by atoms with Gasteiger partial charge in [0.15, 0.2) is 0 Å². The fourth-order valence-electron chi connectivity index (χ4n) is 6.49. The molecule has 3 saturated carbocycles. The molecule has 0 atom stereocenters. The Morgan fingerprint density at radius 3 is 1.72 bits per heavy atom. The summed E-state index contributed by atoms with van der Waals surface area (Å²) in [5.74, 6) is 0.335. The first-order valence-corrected chi connectivity index (χ1v) is 17.8. The van der Waals surface area contributed by atoms with Crippen LogP contribution >= 0.6 is 67.8 Å². The zero-order valence-corrected chi connectivity index (χ0v) is 27.5. The van der Waals surface area contributed by atoms with Crippen molar-refractivity contribution in [2.75, 3.05) is 0 Å². The van der Waals surface area contributed by atoms with E-state index in [1.165, 1.54) is 31.2 Å². The van der Waals surface area contributed by atoms with Crippen LogP contribution in [0.5, 0.6) is 0 Å². The van der Waals surface area contributed by atoms with Gasteiger partial charge in [0, 0.05) is 22.2 Å². The van der Waals surface area contributed by atoms with Crippen molar-refractivity contribution in [1.29, 1.82) is 0 Å². The van der Waals surface area contributed by atoms with Gasteiger partial charge >= 0.3 is 0 Å². The normalized spacial score (nSPS) is 20.6. The van der Waals surface area contributed by atoms with Crippen molar-refractivity contribution >= 4 is 83.7 Å². The van der Waals surface area contributed by atoms with Gasteiger partial charge < -0.3 is 5.11 Å². The van der Waals surface area contributed by atoms with Crippen LogP contribution in [0.15, 0.2) is 33.6 Å². The SMILES string of the molecule is O=S(=O)(/N=C(\[O-])c1cc(I)cc(I)c1I)c1c(C2CCCC2)cc(C2CCCC2)cc1C1CCCC1. The zero-order chi connectivity index (χ0) is 25.4. The Bertz CT molecular complexity index is 1240. The molecule has 194 valence electrons. The van der Waals surface area contributed by atoms with Gasteiger partial charge in [0.2, 0.25) is 0 Å². The maximum atomic E-state index is 14.1. The molecule has 0 bridgehead atoms. The molecule has 3 aliphatic carbocycles. The van der Waals surface area contributed by atoms with E-state index >= 15 is 0 Å². The average Bonchev–Trinajstić information content (AvgIpc) is 3.63. The summed E-state index contributed by atoms with van der Waals surface area (Å²) in [6, 6.07) is 8.13. The van der Waals surface area contributed by atoms with Gasteiger partial charge in [-0.05, 0) is 153 Å². The third-order valence-electron chi connectivity index (χ3n) is 8.27. The van der Waals surface area contributed by atoms with Gasteiger partial charge in [-0.2, -0.15) is 12.8 Å². The molecule has 0 aliphatic heterocycles. The lowest BCUT2D eigenvalue weighted by atomic mass is 9.85. The molecule has 3 aliphatic rings. The minimum Gasteiger partial charge on any atom is -0.858 e. The van der Waals surface area contributed by atoms with Crippen LogP contribution < -0.4 is 5.11 Å². The minimum atomic E-state index is -4.16. The van der Waals surface area contributed by atoms with E-state index < -0.39 is 15.9 Å². The topological polar surface area (TPSA) is 69.6 Å². The molecule has 0 saturated heterocycles. The maximum Gasteiger partial charge on any atom is 0.282 e. The van der Waals surface area contributed by atoms with E-state index in [1.54, 1.807) is 6.07 Å². The second kappa shape index (κ2) is 11.7. The third kappa shape index (κ3) is 5.80. The average molecular weight is 842 g/mol. The van der Waals surface area contributed by atoms with Gasteiger partial charge in [-0.1, -0.05) is 50.7 Å². The summed E-state index contributed by atoms with van der Waals surface area (Å²) in [7, 11) is -4.16. The molecule has 2 aromatic carbocycles. The van der Waals surface area contributed by atoms with Crippen molar-refractivity contribution in [3.05, 3.63) is 57.2 Å². The quantitative estimate of drug-likeness (QED) is 0.128. The molecule has 0 N–H and O–H groups in total. The van der Waals surface area contributed by atoms with Crippen LogP contribution in [0.25, 0.3) is 0 Å². The Balaban J connectivity index is 1.69. The van der Waals surface area contributed by atoms with Crippen molar-refractivity contribution in [2.45, 2.75) is 99.7 Å². The summed E-state index contributed by atoms with van der Waals surface area (Å²) in [6.45, 7) is 0. The Kier molecular flexibility index (Phi) is 8.94. The fraction of sp³-hybridized carbons (Fsp3) is 0.536. The van der Waals surface area contributed by atoms with Gasteiger partial charge in [-0.15, -0.1) is 0 Å². The predicted octanol–water partition coefficient (Wildman–Crippen LogP) is 7.97. The molecule has 4 nitrogen and oxygen atoms in total. The number of hydrogen-bond acceptors (Lipinski definition) is 3. The summed E-state index contributed by atoms with van der Waals surface area (Å²) in [4.78, 5) is 0.367. The van der Waals surface area contributed by atoms with Gasteiger partial charge in [0.1, 0.15) is 0 Å². The van der Waals surface area contributed by atoms with Crippen LogP contribution in [0.3, 0.4) is 0 Å². The molecular weight excluding hydrogens is 811 g/mol. The van der Waals surface area contributed by atoms with Crippen LogP contribution in [0.2, 0.25) is 0 Å². The first kappa shape index (κ1) is 27.6. The standard InChI is InChI=1S/C28H32I3NO3S/c29-21-15-24(26(31)25(30)16-21)28(33)32-36(34,35)27-22(18-9-3-4-10-18)13-20(17-7-1-2-8-17)14-23(27)19-11-5-6-12-19/h13-19H,1-12H2,(H,32,33)/p-1. The molecule has 0 amide bonds. The Hall–Kier alpha value is 0.0500. The Morgan fingerprint density at radius 2 is 1.22 bits per heavy atom. The zero-order valence-electron chi connectivity index (χ0n) is 20.2. The highest BCUT2D eigenvalue weighted by atomic mass is 127. The molecule has 5 rings (SSSR count). The Morgan fingerprint density at radius 1 is 0.750 bits per heavy atom. The first-order chi connectivity index (χ1) is 17.2. The highest BCUT2D eigenvalue weighted by Crippen LogP contribution is 2.47. The van der Waals surface area contributed by atoms with Crippen molar-refractivity contribution < 1.29 is 13.5 Å². The van der Waals surface area contributed by atoms with Gasteiger partial charge in [-0.3, -0.25) is 0 Å². The molecule has 36 heavy (non-hydrogen) atoms. The summed E-state index contributed by atoms with van der Waals surface area (Å²) in [6.07, 6.45) is 13.5. The number of benzene rings is 2. The minimum absolute atomic E-state index is 0.236. The highest BCUT2D eigenvalue weighted by Gasteiger charge is 2.34. The smallest absolute Gasteiger partial charge is 0.282 e. The van der Waals surface area contributed by atoms with Crippen molar-refractivity contribution in [3.8, 4) is 0 Å². The number of halogens is 3. The lowest BCUT2D eigenvalue weighted by Crippen LogP contribution is -2.24. The summed E-state index contributed by atoms with van der Waals surface area (Å²) in [5.41, 5.74) is 3.58. The maximum absolute atomic E-state index is 14.1. The van der Waals surface area contributed by atoms with E-state index in [0.717, 1.165) is 73.2 Å². The predicted molar refractivity (Wildman–Crippen MR) is 168 cm³/mol. The number of hydrogen-bond donors (Lipinski definition) is 0. The van der Waals surface area contributed by atoms with Crippen LogP contribution in [0.1, 0.15) is 117 Å². The molecule has 3 fully saturated rings. The lowest BCUT2D eigenvalue weighted by Gasteiger charge is -2.25. The molecular formula is C28H31I3NO3S-. The summed E-state index contributed by atoms with van der Waals surface area (Å²) < 4.78 is 34.8. The van der Waals surface area contributed by atoms with Crippen molar-refractivity contribution in [3.63, 3.8) is 0 Å².